The van der Waals surface area contributed by atoms with E-state index in [1.165, 1.54) is 36.7 Å². The Kier molecular flexibility index (Phi) is 3.47. The molecule has 0 bridgehead atoms. The maximum Gasteiger partial charge on any atom is 0.0418 e. The molecule has 0 radical (unpaired) electrons. The van der Waals surface area contributed by atoms with Crippen LogP contribution in [0.5, 0.6) is 0 Å². The first-order valence-corrected chi connectivity index (χ1v) is 7.43. The van der Waals surface area contributed by atoms with Crippen LogP contribution in [0.3, 0.4) is 0 Å². The van der Waals surface area contributed by atoms with Gasteiger partial charge in [0.05, 0.1) is 0 Å². The van der Waals surface area contributed by atoms with Crippen molar-refractivity contribution in [2.24, 2.45) is 5.92 Å². The van der Waals surface area contributed by atoms with Gasteiger partial charge in [-0.15, -0.1) is 0 Å². The van der Waals surface area contributed by atoms with Gasteiger partial charge in [0.25, 0.3) is 0 Å². The van der Waals surface area contributed by atoms with E-state index >= 15 is 0 Å². The van der Waals surface area contributed by atoms with Crippen LogP contribution in [0.2, 0.25) is 0 Å². The van der Waals surface area contributed by atoms with E-state index in [0.717, 1.165) is 23.2 Å². The smallest absolute Gasteiger partial charge is 0.0418 e. The topological polar surface area (TPSA) is 8.17 Å². The summed E-state index contributed by atoms with van der Waals surface area (Å²) in [5.74, 6) is 0.750. The number of aromatic nitrogens is 1. The summed E-state index contributed by atoms with van der Waals surface area (Å²) in [6, 6.07) is 8.45. The summed E-state index contributed by atoms with van der Waals surface area (Å²) >= 11 is 0. The van der Waals surface area contributed by atoms with Crippen LogP contribution in [0.25, 0.3) is 23.9 Å². The molecule has 2 heterocycles. The first kappa shape index (κ1) is 12.9. The quantitative estimate of drug-likeness (QED) is 0.759. The highest BCUT2D eigenvalue weighted by Crippen LogP contribution is 2.20. The van der Waals surface area contributed by atoms with Gasteiger partial charge in [0.15, 0.2) is 0 Å². The van der Waals surface area contributed by atoms with Gasteiger partial charge in [0.1, 0.15) is 0 Å². The summed E-state index contributed by atoms with van der Waals surface area (Å²) in [6.45, 7) is 11.9. The van der Waals surface area contributed by atoms with Gasteiger partial charge in [-0.25, -0.2) is 0 Å². The van der Waals surface area contributed by atoms with Crippen LogP contribution in [-0.2, 0) is 6.54 Å². The van der Waals surface area contributed by atoms with E-state index in [9.17, 15) is 0 Å². The first-order chi connectivity index (χ1) is 9.16. The van der Waals surface area contributed by atoms with Crippen LogP contribution in [0.1, 0.15) is 12.8 Å². The predicted molar refractivity (Wildman–Crippen MR) is 86.2 cm³/mol. The molecule has 1 aromatic heterocycles. The molecule has 1 aliphatic rings. The standard InChI is InChI=1S/C16H21N2P/c1-12-15-5-3-4-6-16(15)13(2)18(12)11-14-7-9-17(19)10-8-14/h3-6,14H,1-2,7-11,19H2. The van der Waals surface area contributed by atoms with Crippen molar-refractivity contribution in [3.05, 3.63) is 35.0 Å². The molecule has 100 valence electrons. The van der Waals surface area contributed by atoms with Gasteiger partial charge < -0.3 is 4.57 Å². The summed E-state index contributed by atoms with van der Waals surface area (Å²) in [7, 11) is 2.81. The van der Waals surface area contributed by atoms with Crippen LogP contribution in [0.4, 0.5) is 0 Å². The molecule has 1 fully saturated rings. The highest BCUT2D eigenvalue weighted by Gasteiger charge is 2.18. The lowest BCUT2D eigenvalue weighted by atomic mass is 9.98. The molecular formula is C16H21N2P. The van der Waals surface area contributed by atoms with E-state index < -0.39 is 0 Å². The van der Waals surface area contributed by atoms with Gasteiger partial charge in [-0.3, -0.25) is 4.67 Å². The van der Waals surface area contributed by atoms with Crippen LogP contribution < -0.4 is 10.7 Å². The fourth-order valence-electron chi connectivity index (χ4n) is 3.05. The Labute approximate surface area is 116 Å². The van der Waals surface area contributed by atoms with Crippen molar-refractivity contribution in [1.82, 2.24) is 9.24 Å². The van der Waals surface area contributed by atoms with Crippen LogP contribution in [-0.4, -0.2) is 22.3 Å². The Morgan fingerprint density at radius 1 is 1.05 bits per heavy atom. The third-order valence-corrected chi connectivity index (χ3v) is 4.81. The molecule has 1 aliphatic heterocycles. The number of hydrogen-bond donors (Lipinski definition) is 0. The normalized spacial score (nSPS) is 18.2. The van der Waals surface area contributed by atoms with Crippen molar-refractivity contribution in [3.8, 4) is 0 Å². The lowest BCUT2D eigenvalue weighted by molar-refractivity contribution is 0.264. The monoisotopic (exact) mass is 272 g/mol. The molecule has 0 amide bonds. The van der Waals surface area contributed by atoms with Gasteiger partial charge in [-0.05, 0) is 18.8 Å². The molecule has 2 aromatic rings. The second-order valence-corrected chi connectivity index (χ2v) is 6.26. The molecule has 1 saturated heterocycles. The van der Waals surface area contributed by atoms with Gasteiger partial charge in [0.2, 0.25) is 0 Å². The Hall–Kier alpha value is -1.11. The molecule has 1 aromatic carbocycles. The fraction of sp³-hybridized carbons (Fsp3) is 0.375. The van der Waals surface area contributed by atoms with Crippen molar-refractivity contribution >= 4 is 33.3 Å². The van der Waals surface area contributed by atoms with Crippen molar-refractivity contribution in [1.29, 1.82) is 0 Å². The minimum absolute atomic E-state index is 0.750. The van der Waals surface area contributed by atoms with E-state index in [-0.39, 0.29) is 0 Å². The summed E-state index contributed by atoms with van der Waals surface area (Å²) in [6.07, 6.45) is 2.52. The molecule has 3 heteroatoms. The maximum absolute atomic E-state index is 4.26. The van der Waals surface area contributed by atoms with Crippen LogP contribution >= 0.6 is 9.39 Å². The molecule has 1 atom stereocenters. The minimum atomic E-state index is 0.750. The Morgan fingerprint density at radius 3 is 2.11 bits per heavy atom. The highest BCUT2D eigenvalue weighted by atomic mass is 31.0. The van der Waals surface area contributed by atoms with E-state index in [2.05, 4.69) is 56.1 Å². The molecule has 2 nitrogen and oxygen atoms in total. The third kappa shape index (κ3) is 2.35. The van der Waals surface area contributed by atoms with Crippen molar-refractivity contribution < 1.29 is 0 Å². The molecule has 1 unspecified atom stereocenters. The fourth-order valence-corrected chi connectivity index (χ4v) is 3.35. The van der Waals surface area contributed by atoms with Crippen molar-refractivity contribution in [2.75, 3.05) is 13.1 Å². The summed E-state index contributed by atoms with van der Waals surface area (Å²) < 4.78 is 4.65. The van der Waals surface area contributed by atoms with E-state index in [4.69, 9.17) is 0 Å². The largest absolute Gasteiger partial charge is 0.341 e. The Balaban J connectivity index is 1.93. The highest BCUT2D eigenvalue weighted by molar-refractivity contribution is 7.13. The second-order valence-electron chi connectivity index (χ2n) is 5.53. The zero-order chi connectivity index (χ0) is 13.4. The number of hydrogen-bond acceptors (Lipinski definition) is 1. The lowest BCUT2D eigenvalue weighted by Gasteiger charge is -2.29. The molecular weight excluding hydrogens is 251 g/mol. The second kappa shape index (κ2) is 5.11. The number of rotatable bonds is 2. The molecule has 19 heavy (non-hydrogen) atoms. The van der Waals surface area contributed by atoms with Gasteiger partial charge in [-0.2, -0.15) is 0 Å². The zero-order valence-corrected chi connectivity index (χ0v) is 12.5. The SMILES string of the molecule is C=c1c2ccccc2c(=C)n1CC1CCN(P)CC1. The van der Waals surface area contributed by atoms with Crippen LogP contribution in [0.15, 0.2) is 24.3 Å². The third-order valence-electron chi connectivity index (χ3n) is 4.29. The summed E-state index contributed by atoms with van der Waals surface area (Å²) in [4.78, 5) is 0. The van der Waals surface area contributed by atoms with E-state index in [1.807, 2.05) is 0 Å². The number of benzene rings is 1. The van der Waals surface area contributed by atoms with Crippen LogP contribution in [0, 0.1) is 5.92 Å². The van der Waals surface area contributed by atoms with E-state index in [1.54, 1.807) is 0 Å². The van der Waals surface area contributed by atoms with Gasteiger partial charge in [-0.1, -0.05) is 46.8 Å². The molecule has 0 spiro atoms. The zero-order valence-electron chi connectivity index (χ0n) is 11.3. The number of fused-ring (bicyclic) bond motifs is 1. The van der Waals surface area contributed by atoms with Crippen molar-refractivity contribution in [3.63, 3.8) is 0 Å². The molecule has 0 N–H and O–H groups in total. The van der Waals surface area contributed by atoms with E-state index in [0.29, 0.717) is 0 Å². The molecule has 0 aliphatic carbocycles. The average Bonchev–Trinajstić information content (AvgIpc) is 2.67. The summed E-state index contributed by atoms with van der Waals surface area (Å²) in [5.41, 5.74) is 0. The molecule has 0 saturated carbocycles. The minimum Gasteiger partial charge on any atom is -0.341 e. The van der Waals surface area contributed by atoms with Gasteiger partial charge >= 0.3 is 0 Å². The number of piperidine rings is 1. The lowest BCUT2D eigenvalue weighted by Crippen LogP contribution is -2.33. The Bertz CT molecular complexity index is 634. The molecule has 3 rings (SSSR count). The maximum atomic E-state index is 4.26. The average molecular weight is 272 g/mol. The van der Waals surface area contributed by atoms with Gasteiger partial charge in [0, 0.05) is 41.1 Å². The van der Waals surface area contributed by atoms with Crippen molar-refractivity contribution in [2.45, 2.75) is 19.4 Å². The number of nitrogens with zero attached hydrogens (tertiary/aromatic N) is 2. The Morgan fingerprint density at radius 2 is 1.58 bits per heavy atom. The summed E-state index contributed by atoms with van der Waals surface area (Å²) in [5, 5.41) is 4.73. The predicted octanol–water partition coefficient (Wildman–Crippen LogP) is 1.96. The first-order valence-electron chi connectivity index (χ1n) is 6.91.